The lowest BCUT2D eigenvalue weighted by Crippen LogP contribution is -2.27. The zero-order valence-electron chi connectivity index (χ0n) is 10.3. The van der Waals surface area contributed by atoms with Gasteiger partial charge in [-0.1, -0.05) is 5.16 Å². The van der Waals surface area contributed by atoms with Crippen LogP contribution in [0.25, 0.3) is 11.5 Å². The van der Waals surface area contributed by atoms with Crippen LogP contribution >= 0.6 is 0 Å². The number of rotatable bonds is 3. The van der Waals surface area contributed by atoms with Crippen LogP contribution in [0.4, 0.5) is 13.2 Å². The maximum Gasteiger partial charge on any atom is 0.452 e. The molecule has 0 saturated carbocycles. The van der Waals surface area contributed by atoms with Crippen LogP contribution in [0.15, 0.2) is 32.2 Å². The Morgan fingerprint density at radius 2 is 2.00 bits per heavy atom. The van der Waals surface area contributed by atoms with Crippen molar-refractivity contribution in [2.24, 2.45) is 0 Å². The van der Waals surface area contributed by atoms with Gasteiger partial charge in [-0.3, -0.25) is 4.79 Å². The van der Waals surface area contributed by atoms with Gasteiger partial charge >= 0.3 is 6.18 Å². The molecule has 0 aromatic carbocycles. The molecule has 1 N–H and O–H groups in total. The maximum absolute atomic E-state index is 12.3. The van der Waals surface area contributed by atoms with E-state index in [1.165, 1.54) is 0 Å². The summed E-state index contributed by atoms with van der Waals surface area (Å²) < 4.78 is 70.8. The van der Waals surface area contributed by atoms with Crippen molar-refractivity contribution in [3.05, 3.63) is 24.0 Å². The van der Waals surface area contributed by atoms with E-state index in [1.54, 1.807) is 4.72 Å². The van der Waals surface area contributed by atoms with Gasteiger partial charge in [0.2, 0.25) is 16.8 Å². The molecule has 0 aliphatic carbocycles. The van der Waals surface area contributed by atoms with Gasteiger partial charge in [-0.05, 0) is 12.1 Å². The summed E-state index contributed by atoms with van der Waals surface area (Å²) in [5.74, 6) is -2.44. The van der Waals surface area contributed by atoms with E-state index < -0.39 is 33.0 Å². The largest absolute Gasteiger partial charge is 0.452 e. The Hall–Kier alpha value is -2.30. The second-order valence-corrected chi connectivity index (χ2v) is 5.47. The number of carbonyl (C=O) groups is 1. The van der Waals surface area contributed by atoms with E-state index in [1.807, 2.05) is 0 Å². The molecule has 0 aliphatic rings. The van der Waals surface area contributed by atoms with Gasteiger partial charge in [0.15, 0.2) is 5.76 Å². The molecule has 0 bridgehead atoms. The van der Waals surface area contributed by atoms with Crippen LogP contribution in [0, 0.1) is 0 Å². The maximum atomic E-state index is 12.3. The first kappa shape index (κ1) is 15.1. The fourth-order valence-electron chi connectivity index (χ4n) is 1.37. The summed E-state index contributed by atoms with van der Waals surface area (Å²) in [6.07, 6.45) is -4.72. The minimum Gasteiger partial charge on any atom is -0.441 e. The summed E-state index contributed by atoms with van der Waals surface area (Å²) in [7, 11) is -4.22. The van der Waals surface area contributed by atoms with Gasteiger partial charge in [0.25, 0.3) is 10.0 Å². The molecule has 7 nitrogen and oxygen atoms in total. The average molecular weight is 324 g/mol. The Balaban J connectivity index is 2.32. The van der Waals surface area contributed by atoms with E-state index >= 15 is 0 Å². The molecule has 0 fully saturated rings. The third kappa shape index (κ3) is 3.24. The van der Waals surface area contributed by atoms with E-state index in [4.69, 9.17) is 4.42 Å². The third-order valence-electron chi connectivity index (χ3n) is 2.17. The molecule has 2 rings (SSSR count). The molecule has 114 valence electrons. The lowest BCUT2D eigenvalue weighted by Gasteiger charge is -1.99. The van der Waals surface area contributed by atoms with Crippen molar-refractivity contribution in [3.8, 4) is 11.5 Å². The van der Waals surface area contributed by atoms with E-state index in [0.717, 1.165) is 19.1 Å². The Morgan fingerprint density at radius 3 is 2.52 bits per heavy atom. The minimum absolute atomic E-state index is 0.252. The fraction of sp³-hybridized carbons (Fsp3) is 0.200. The first-order chi connectivity index (χ1) is 9.59. The lowest BCUT2D eigenvalue weighted by molar-refractivity contribution is -0.155. The van der Waals surface area contributed by atoms with Gasteiger partial charge in [-0.2, -0.15) is 21.6 Å². The smallest absolute Gasteiger partial charge is 0.441 e. The Labute approximate surface area is 115 Å². The van der Waals surface area contributed by atoms with Crippen LogP contribution < -0.4 is 4.72 Å². The van der Waals surface area contributed by atoms with Gasteiger partial charge in [0.1, 0.15) is 5.69 Å². The summed E-state index contributed by atoms with van der Waals surface area (Å²) in [4.78, 5) is 10.7. The summed E-state index contributed by atoms with van der Waals surface area (Å²) in [6.45, 7) is 0.981. The van der Waals surface area contributed by atoms with Crippen LogP contribution in [0.1, 0.15) is 12.7 Å². The number of hydrogen-bond donors (Lipinski definition) is 1. The van der Waals surface area contributed by atoms with Crippen molar-refractivity contribution in [3.63, 3.8) is 0 Å². The third-order valence-corrected chi connectivity index (χ3v) is 3.47. The summed E-state index contributed by atoms with van der Waals surface area (Å²) in [5.41, 5.74) is -0.327. The van der Waals surface area contributed by atoms with Crippen LogP contribution in [0.3, 0.4) is 0 Å². The summed E-state index contributed by atoms with van der Waals surface area (Å²) in [5, 5.41) is 2.50. The van der Waals surface area contributed by atoms with E-state index in [-0.39, 0.29) is 11.5 Å². The Bertz CT molecular complexity index is 775. The monoisotopic (exact) mass is 324 g/mol. The predicted molar refractivity (Wildman–Crippen MR) is 60.2 cm³/mol. The number of amides is 1. The number of carbonyl (C=O) groups excluding carboxylic acids is 1. The van der Waals surface area contributed by atoms with E-state index in [9.17, 15) is 26.4 Å². The molecule has 0 radical (unpaired) electrons. The van der Waals surface area contributed by atoms with Crippen LogP contribution in [0.5, 0.6) is 0 Å². The van der Waals surface area contributed by atoms with Gasteiger partial charge < -0.3 is 8.94 Å². The second-order valence-electron chi connectivity index (χ2n) is 3.85. The van der Waals surface area contributed by atoms with Crippen molar-refractivity contribution < 1.29 is 35.3 Å². The molecule has 11 heteroatoms. The number of hydrogen-bond acceptors (Lipinski definition) is 6. The average Bonchev–Trinajstić information content (AvgIpc) is 2.95. The zero-order valence-corrected chi connectivity index (χ0v) is 11.1. The van der Waals surface area contributed by atoms with Crippen LogP contribution in [0.2, 0.25) is 0 Å². The molecule has 2 aromatic rings. The molecular weight excluding hydrogens is 317 g/mol. The summed E-state index contributed by atoms with van der Waals surface area (Å²) >= 11 is 0. The normalized spacial score (nSPS) is 12.4. The molecule has 21 heavy (non-hydrogen) atoms. The molecule has 0 spiro atoms. The molecule has 2 aromatic heterocycles. The molecule has 1 amide bonds. The van der Waals surface area contributed by atoms with Crippen molar-refractivity contribution in [1.82, 2.24) is 9.88 Å². The topological polar surface area (TPSA) is 102 Å². The standard InChI is InChI=1S/C10H7F3N2O5S/c1-5(16)15-21(17,18)9-3-2-7(19-9)6-4-8(20-14-6)10(11,12)13/h2-4H,1H3,(H,15,16). The number of furan rings is 1. The van der Waals surface area contributed by atoms with Crippen LogP contribution in [-0.2, 0) is 21.0 Å². The van der Waals surface area contributed by atoms with Crippen molar-refractivity contribution in [2.45, 2.75) is 18.2 Å². The molecule has 0 saturated heterocycles. The van der Waals surface area contributed by atoms with Gasteiger partial charge in [-0.15, -0.1) is 0 Å². The number of halogens is 3. The highest BCUT2D eigenvalue weighted by molar-refractivity contribution is 7.89. The van der Waals surface area contributed by atoms with Crippen molar-refractivity contribution >= 4 is 15.9 Å². The van der Waals surface area contributed by atoms with E-state index in [2.05, 4.69) is 9.68 Å². The number of aromatic nitrogens is 1. The number of sulfonamides is 1. The van der Waals surface area contributed by atoms with Gasteiger partial charge in [0.05, 0.1) is 0 Å². The minimum atomic E-state index is -4.72. The molecule has 2 heterocycles. The van der Waals surface area contributed by atoms with Gasteiger partial charge in [-0.25, -0.2) is 4.72 Å². The number of alkyl halides is 3. The molecule has 0 unspecified atom stereocenters. The van der Waals surface area contributed by atoms with Crippen molar-refractivity contribution in [2.75, 3.05) is 0 Å². The number of nitrogens with one attached hydrogen (secondary N) is 1. The SMILES string of the molecule is CC(=O)NS(=O)(=O)c1ccc(-c2cc(C(F)(F)F)on2)o1. The lowest BCUT2D eigenvalue weighted by atomic mass is 10.3. The first-order valence-corrected chi connectivity index (χ1v) is 6.75. The van der Waals surface area contributed by atoms with Gasteiger partial charge in [0, 0.05) is 13.0 Å². The highest BCUT2D eigenvalue weighted by Crippen LogP contribution is 2.32. The number of nitrogens with zero attached hydrogens (tertiary/aromatic N) is 1. The van der Waals surface area contributed by atoms with E-state index in [0.29, 0.717) is 6.07 Å². The summed E-state index contributed by atoms with van der Waals surface area (Å²) in [6, 6.07) is 2.63. The van der Waals surface area contributed by atoms with Crippen LogP contribution in [-0.4, -0.2) is 19.5 Å². The highest BCUT2D eigenvalue weighted by atomic mass is 32.2. The molecule has 0 aliphatic heterocycles. The highest BCUT2D eigenvalue weighted by Gasteiger charge is 2.36. The quantitative estimate of drug-likeness (QED) is 0.923. The Morgan fingerprint density at radius 1 is 1.33 bits per heavy atom. The zero-order chi connectivity index (χ0) is 15.8. The molecule has 0 atom stereocenters. The predicted octanol–water partition coefficient (Wildman–Crippen LogP) is 1.78. The second kappa shape index (κ2) is 4.91. The first-order valence-electron chi connectivity index (χ1n) is 5.27. The Kier molecular flexibility index (Phi) is 3.53. The molecular formula is C10H7F3N2O5S. The van der Waals surface area contributed by atoms with Crippen molar-refractivity contribution in [1.29, 1.82) is 0 Å². The fourth-order valence-corrected chi connectivity index (χ4v) is 2.29.